The molecule has 0 unspecified atom stereocenters. The van der Waals surface area contributed by atoms with E-state index in [2.05, 4.69) is 4.98 Å². The number of alkyl halides is 3. The van der Waals surface area contributed by atoms with Crippen LogP contribution in [0.4, 0.5) is 13.2 Å². The number of aromatic nitrogens is 1. The summed E-state index contributed by atoms with van der Waals surface area (Å²) in [6.07, 6.45) is -1.73. The Bertz CT molecular complexity index is 561. The largest absolute Gasteiger partial charge is 0.464 e. The third kappa shape index (κ3) is 3.67. The molecule has 0 aliphatic carbocycles. The smallest absolute Gasteiger partial charge is 0.389 e. The fraction of sp³-hybridized carbons (Fsp3) is 0.231. The first kappa shape index (κ1) is 13.3. The van der Waals surface area contributed by atoms with Gasteiger partial charge in [-0.25, -0.2) is 0 Å². The fourth-order valence-electron chi connectivity index (χ4n) is 1.54. The lowest BCUT2D eigenvalue weighted by Crippen LogP contribution is -2.10. The summed E-state index contributed by atoms with van der Waals surface area (Å²) in [5, 5.41) is 0. The minimum Gasteiger partial charge on any atom is -0.464 e. The van der Waals surface area contributed by atoms with E-state index in [9.17, 15) is 18.0 Å². The van der Waals surface area contributed by atoms with Crippen LogP contribution in [0.3, 0.4) is 0 Å². The van der Waals surface area contributed by atoms with Gasteiger partial charge in [-0.2, -0.15) is 13.2 Å². The molecule has 100 valence electrons. The summed E-state index contributed by atoms with van der Waals surface area (Å²) in [6, 6.07) is 4.86. The average Bonchev–Trinajstić information content (AvgIpc) is 2.86. The Morgan fingerprint density at radius 2 is 2.16 bits per heavy atom. The van der Waals surface area contributed by atoms with Crippen LogP contribution in [-0.2, 0) is 0 Å². The van der Waals surface area contributed by atoms with Crippen LogP contribution in [0.2, 0.25) is 0 Å². The molecule has 0 spiro atoms. The molecule has 0 saturated heterocycles. The molecule has 0 saturated carbocycles. The van der Waals surface area contributed by atoms with Crippen LogP contribution in [0, 0.1) is 0 Å². The first-order valence-electron chi connectivity index (χ1n) is 5.54. The van der Waals surface area contributed by atoms with E-state index in [1.165, 1.54) is 12.3 Å². The first-order chi connectivity index (χ1) is 8.96. The highest BCUT2D eigenvalue weighted by Gasteiger charge is 2.28. The molecular weight excluding hydrogens is 259 g/mol. The third-order valence-corrected chi connectivity index (χ3v) is 2.50. The maximum absolute atomic E-state index is 12.0. The molecule has 0 aromatic carbocycles. The maximum atomic E-state index is 12.0. The van der Waals surface area contributed by atoms with Crippen molar-refractivity contribution in [3.8, 4) is 11.3 Å². The molecule has 3 nitrogen and oxygen atoms in total. The van der Waals surface area contributed by atoms with E-state index in [4.69, 9.17) is 4.42 Å². The van der Waals surface area contributed by atoms with Gasteiger partial charge < -0.3 is 4.42 Å². The van der Waals surface area contributed by atoms with Crippen molar-refractivity contribution in [1.29, 1.82) is 0 Å². The molecule has 0 amide bonds. The van der Waals surface area contributed by atoms with Gasteiger partial charge in [0.1, 0.15) is 12.0 Å². The second-order valence-electron chi connectivity index (χ2n) is 3.98. The van der Waals surface area contributed by atoms with Crippen molar-refractivity contribution in [3.63, 3.8) is 0 Å². The van der Waals surface area contributed by atoms with Crippen LogP contribution >= 0.6 is 0 Å². The number of nitrogens with zero attached hydrogens (tertiary/aromatic N) is 1. The van der Waals surface area contributed by atoms with Crippen LogP contribution in [0.5, 0.6) is 0 Å². The quantitative estimate of drug-likeness (QED) is 0.791. The number of pyridine rings is 1. The Morgan fingerprint density at radius 3 is 2.79 bits per heavy atom. The molecule has 0 bridgehead atoms. The van der Waals surface area contributed by atoms with Gasteiger partial charge in [-0.3, -0.25) is 9.78 Å². The molecule has 6 heteroatoms. The Morgan fingerprint density at radius 1 is 1.37 bits per heavy atom. The number of hydrogen-bond donors (Lipinski definition) is 0. The molecule has 0 aliphatic heterocycles. The van der Waals surface area contributed by atoms with E-state index in [1.54, 1.807) is 24.5 Å². The topological polar surface area (TPSA) is 43.1 Å². The molecule has 2 rings (SSSR count). The number of furan rings is 1. The van der Waals surface area contributed by atoms with Gasteiger partial charge in [-0.15, -0.1) is 0 Å². The minimum absolute atomic E-state index is 0.142. The van der Waals surface area contributed by atoms with Gasteiger partial charge >= 0.3 is 6.18 Å². The Balaban J connectivity index is 2.07. The average molecular weight is 269 g/mol. The normalized spacial score (nSPS) is 11.5. The van der Waals surface area contributed by atoms with E-state index in [1.807, 2.05) is 0 Å². The fourth-order valence-corrected chi connectivity index (χ4v) is 1.54. The highest BCUT2D eigenvalue weighted by Crippen LogP contribution is 2.25. The van der Waals surface area contributed by atoms with Gasteiger partial charge in [0.15, 0.2) is 5.78 Å². The molecule has 0 atom stereocenters. The summed E-state index contributed by atoms with van der Waals surface area (Å²) >= 11 is 0. The Hall–Kier alpha value is -2.11. The van der Waals surface area contributed by atoms with E-state index in [0.717, 1.165) is 0 Å². The van der Waals surface area contributed by atoms with Crippen molar-refractivity contribution >= 4 is 5.78 Å². The van der Waals surface area contributed by atoms with E-state index < -0.39 is 24.8 Å². The van der Waals surface area contributed by atoms with Crippen molar-refractivity contribution in [2.45, 2.75) is 19.0 Å². The van der Waals surface area contributed by atoms with Crippen molar-refractivity contribution in [1.82, 2.24) is 4.98 Å². The van der Waals surface area contributed by atoms with Crippen LogP contribution in [0.1, 0.15) is 23.2 Å². The SMILES string of the molecule is O=C(CCC(F)(F)F)c1coc(-c2cccnc2)c1. The zero-order chi connectivity index (χ0) is 13.9. The number of Topliss-reactive ketones (excluding diaryl/α,β-unsaturated/α-hetero) is 1. The summed E-state index contributed by atoms with van der Waals surface area (Å²) in [4.78, 5) is 15.5. The van der Waals surface area contributed by atoms with Gasteiger partial charge in [-0.1, -0.05) is 0 Å². The first-order valence-corrected chi connectivity index (χ1v) is 5.54. The van der Waals surface area contributed by atoms with Gasteiger partial charge in [0, 0.05) is 24.4 Å². The minimum atomic E-state index is -4.33. The number of ketones is 1. The molecule has 2 aromatic rings. The van der Waals surface area contributed by atoms with Gasteiger partial charge in [0.2, 0.25) is 0 Å². The van der Waals surface area contributed by atoms with Crippen LogP contribution in [-0.4, -0.2) is 16.9 Å². The zero-order valence-electron chi connectivity index (χ0n) is 9.78. The predicted molar refractivity (Wildman–Crippen MR) is 61.6 cm³/mol. The lowest BCUT2D eigenvalue weighted by atomic mass is 10.1. The highest BCUT2D eigenvalue weighted by atomic mass is 19.4. The second-order valence-corrected chi connectivity index (χ2v) is 3.98. The summed E-state index contributed by atoms with van der Waals surface area (Å²) in [7, 11) is 0. The highest BCUT2D eigenvalue weighted by molar-refractivity contribution is 5.96. The molecule has 19 heavy (non-hydrogen) atoms. The van der Waals surface area contributed by atoms with Crippen molar-refractivity contribution in [2.75, 3.05) is 0 Å². The van der Waals surface area contributed by atoms with Gasteiger partial charge in [0.05, 0.1) is 12.0 Å². The monoisotopic (exact) mass is 269 g/mol. The maximum Gasteiger partial charge on any atom is 0.389 e. The standard InChI is InChI=1S/C13H10F3NO2/c14-13(15,16)4-3-11(18)10-6-12(19-8-10)9-2-1-5-17-7-9/h1-2,5-8H,3-4H2. The zero-order valence-corrected chi connectivity index (χ0v) is 9.78. The molecule has 2 aromatic heterocycles. The summed E-state index contributed by atoms with van der Waals surface area (Å²) in [5.74, 6) is -0.181. The molecule has 2 heterocycles. The molecular formula is C13H10F3NO2. The van der Waals surface area contributed by atoms with Crippen molar-refractivity contribution in [3.05, 3.63) is 42.4 Å². The lowest BCUT2D eigenvalue weighted by Gasteiger charge is -2.03. The van der Waals surface area contributed by atoms with E-state index in [0.29, 0.717) is 11.3 Å². The van der Waals surface area contributed by atoms with Crippen LogP contribution < -0.4 is 0 Å². The number of rotatable bonds is 4. The van der Waals surface area contributed by atoms with Crippen LogP contribution in [0.25, 0.3) is 11.3 Å². The third-order valence-electron chi connectivity index (χ3n) is 2.50. The molecule has 0 radical (unpaired) electrons. The number of halogens is 3. The second kappa shape index (κ2) is 5.26. The van der Waals surface area contributed by atoms with Crippen molar-refractivity contribution in [2.24, 2.45) is 0 Å². The number of carbonyl (C=O) groups is 1. The predicted octanol–water partition coefficient (Wildman–Crippen LogP) is 3.87. The van der Waals surface area contributed by atoms with Crippen molar-refractivity contribution < 1.29 is 22.4 Å². The molecule has 0 N–H and O–H groups in total. The summed E-state index contributed by atoms with van der Waals surface area (Å²) in [6.45, 7) is 0. The van der Waals surface area contributed by atoms with E-state index >= 15 is 0 Å². The molecule has 0 aliphatic rings. The Labute approximate surface area is 107 Å². The molecule has 0 fully saturated rings. The summed E-state index contributed by atoms with van der Waals surface area (Å²) < 4.78 is 41.2. The van der Waals surface area contributed by atoms with Gasteiger partial charge in [0.25, 0.3) is 0 Å². The van der Waals surface area contributed by atoms with Crippen LogP contribution in [0.15, 0.2) is 41.3 Å². The lowest BCUT2D eigenvalue weighted by molar-refractivity contribution is -0.133. The number of hydrogen-bond acceptors (Lipinski definition) is 3. The number of carbonyl (C=O) groups excluding carboxylic acids is 1. The van der Waals surface area contributed by atoms with E-state index in [-0.39, 0.29) is 5.56 Å². The summed E-state index contributed by atoms with van der Waals surface area (Å²) in [5.41, 5.74) is 0.806. The Kier molecular flexibility index (Phi) is 3.69. The van der Waals surface area contributed by atoms with Gasteiger partial charge in [-0.05, 0) is 18.2 Å².